The molecule has 7 heteroatoms. The number of aromatic nitrogens is 2. The van der Waals surface area contributed by atoms with Crippen molar-refractivity contribution < 1.29 is 4.39 Å². The summed E-state index contributed by atoms with van der Waals surface area (Å²) in [6, 6.07) is 2.47. The molecule has 0 fully saturated rings. The summed E-state index contributed by atoms with van der Waals surface area (Å²) >= 11 is 13.3. The van der Waals surface area contributed by atoms with Crippen LogP contribution in [0.3, 0.4) is 0 Å². The highest BCUT2D eigenvalue weighted by atomic mass is 35.5. The third kappa shape index (κ3) is 2.68. The summed E-state index contributed by atoms with van der Waals surface area (Å²) in [5.41, 5.74) is 2.12. The fourth-order valence-electron chi connectivity index (χ4n) is 1.43. The molecule has 1 aromatic heterocycles. The van der Waals surface area contributed by atoms with Crippen molar-refractivity contribution in [2.24, 2.45) is 0 Å². The molecule has 0 aliphatic carbocycles. The predicted molar refractivity (Wildman–Crippen MR) is 68.4 cm³/mol. The summed E-state index contributed by atoms with van der Waals surface area (Å²) in [6.45, 7) is 1.83. The van der Waals surface area contributed by atoms with Gasteiger partial charge < -0.3 is 5.32 Å². The van der Waals surface area contributed by atoms with Crippen molar-refractivity contribution >= 4 is 39.7 Å². The first-order valence-electron chi connectivity index (χ1n) is 4.75. The van der Waals surface area contributed by atoms with Gasteiger partial charge >= 0.3 is 0 Å². The fourth-order valence-corrected chi connectivity index (χ4v) is 2.66. The molecule has 0 amide bonds. The lowest BCUT2D eigenvalue weighted by molar-refractivity contribution is 0.624. The number of rotatable bonds is 3. The molecule has 0 saturated heterocycles. The Labute approximate surface area is 112 Å². The highest BCUT2D eigenvalue weighted by Gasteiger charge is 2.17. The van der Waals surface area contributed by atoms with Crippen molar-refractivity contribution in [1.82, 2.24) is 10.2 Å². The summed E-state index contributed by atoms with van der Waals surface area (Å²) in [4.78, 5) is 0. The van der Waals surface area contributed by atoms with Crippen LogP contribution in [0, 0.1) is 5.82 Å². The van der Waals surface area contributed by atoms with Crippen LogP contribution < -0.4 is 5.32 Å². The van der Waals surface area contributed by atoms with Gasteiger partial charge in [-0.2, -0.15) is 0 Å². The predicted octanol–water partition coefficient (Wildman–Crippen LogP) is 4.16. The summed E-state index contributed by atoms with van der Waals surface area (Å²) < 4.78 is 13.4. The molecular weight excluding hydrogens is 284 g/mol. The van der Waals surface area contributed by atoms with E-state index in [0.29, 0.717) is 15.7 Å². The molecule has 17 heavy (non-hydrogen) atoms. The number of nitrogens with zero attached hydrogens (tertiary/aromatic N) is 2. The van der Waals surface area contributed by atoms with E-state index < -0.39 is 5.82 Å². The van der Waals surface area contributed by atoms with E-state index in [4.69, 9.17) is 23.2 Å². The SMILES string of the molecule is CC(Nc1nncs1)c1c(Cl)ccc(F)c1Cl. The van der Waals surface area contributed by atoms with Gasteiger partial charge in [0, 0.05) is 10.6 Å². The van der Waals surface area contributed by atoms with Gasteiger partial charge in [-0.25, -0.2) is 4.39 Å². The number of benzene rings is 1. The maximum Gasteiger partial charge on any atom is 0.205 e. The maximum atomic E-state index is 13.4. The normalized spacial score (nSPS) is 12.5. The summed E-state index contributed by atoms with van der Waals surface area (Å²) in [7, 11) is 0. The van der Waals surface area contributed by atoms with Gasteiger partial charge in [0.05, 0.1) is 11.1 Å². The minimum absolute atomic E-state index is 0.0296. The topological polar surface area (TPSA) is 37.8 Å². The Bertz CT molecular complexity index is 519. The minimum Gasteiger partial charge on any atom is -0.353 e. The standard InChI is InChI=1S/C10H8Cl2FN3S/c1-5(15-10-16-14-4-17-10)8-6(11)2-3-7(13)9(8)12/h2-5H,1H3,(H,15,16). The van der Waals surface area contributed by atoms with Gasteiger partial charge in [0.1, 0.15) is 11.3 Å². The smallest absolute Gasteiger partial charge is 0.205 e. The first kappa shape index (κ1) is 12.5. The van der Waals surface area contributed by atoms with Gasteiger partial charge in [0.2, 0.25) is 5.13 Å². The van der Waals surface area contributed by atoms with Gasteiger partial charge in [-0.15, -0.1) is 10.2 Å². The molecule has 3 nitrogen and oxygen atoms in total. The van der Waals surface area contributed by atoms with E-state index >= 15 is 0 Å². The highest BCUT2D eigenvalue weighted by molar-refractivity contribution is 7.13. The van der Waals surface area contributed by atoms with E-state index in [-0.39, 0.29) is 11.1 Å². The van der Waals surface area contributed by atoms with Crippen molar-refractivity contribution in [2.75, 3.05) is 5.32 Å². The molecule has 1 atom stereocenters. The summed E-state index contributed by atoms with van der Waals surface area (Å²) in [5, 5.41) is 11.7. The molecule has 0 radical (unpaired) electrons. The third-order valence-electron chi connectivity index (χ3n) is 2.21. The second-order valence-electron chi connectivity index (χ2n) is 3.37. The number of hydrogen-bond acceptors (Lipinski definition) is 4. The number of anilines is 1. The zero-order chi connectivity index (χ0) is 12.4. The van der Waals surface area contributed by atoms with Crippen LogP contribution in [0.1, 0.15) is 18.5 Å². The van der Waals surface area contributed by atoms with Crippen molar-refractivity contribution in [2.45, 2.75) is 13.0 Å². The summed E-state index contributed by atoms with van der Waals surface area (Å²) in [5.74, 6) is -0.489. The van der Waals surface area contributed by atoms with Crippen LogP contribution in [0.15, 0.2) is 17.6 Å². The molecule has 0 spiro atoms. The number of nitrogens with one attached hydrogen (secondary N) is 1. The molecule has 90 valence electrons. The largest absolute Gasteiger partial charge is 0.353 e. The maximum absolute atomic E-state index is 13.4. The lowest BCUT2D eigenvalue weighted by atomic mass is 10.1. The van der Waals surface area contributed by atoms with Gasteiger partial charge in [0.25, 0.3) is 0 Å². The molecule has 2 rings (SSSR count). The van der Waals surface area contributed by atoms with Crippen molar-refractivity contribution in [3.63, 3.8) is 0 Å². The fraction of sp³-hybridized carbons (Fsp3) is 0.200. The quantitative estimate of drug-likeness (QED) is 0.863. The molecule has 1 aromatic carbocycles. The molecule has 2 aromatic rings. The second-order valence-corrected chi connectivity index (χ2v) is 4.99. The van der Waals surface area contributed by atoms with Crippen molar-refractivity contribution in [3.8, 4) is 0 Å². The van der Waals surface area contributed by atoms with Gasteiger partial charge in [0.15, 0.2) is 0 Å². The first-order chi connectivity index (χ1) is 8.09. The Morgan fingerprint density at radius 1 is 1.41 bits per heavy atom. The van der Waals surface area contributed by atoms with Gasteiger partial charge in [-0.3, -0.25) is 0 Å². The van der Waals surface area contributed by atoms with E-state index in [9.17, 15) is 4.39 Å². The zero-order valence-electron chi connectivity index (χ0n) is 8.75. The van der Waals surface area contributed by atoms with Crippen LogP contribution in [-0.2, 0) is 0 Å². The summed E-state index contributed by atoms with van der Waals surface area (Å²) in [6.07, 6.45) is 0. The zero-order valence-corrected chi connectivity index (χ0v) is 11.1. The third-order valence-corrected chi connectivity index (χ3v) is 3.55. The van der Waals surface area contributed by atoms with E-state index in [0.717, 1.165) is 0 Å². The second kappa shape index (κ2) is 5.16. The Kier molecular flexibility index (Phi) is 3.81. The average Bonchev–Trinajstić information content (AvgIpc) is 2.77. The van der Waals surface area contributed by atoms with Crippen LogP contribution in [-0.4, -0.2) is 10.2 Å². The van der Waals surface area contributed by atoms with E-state index in [1.165, 1.54) is 23.5 Å². The average molecular weight is 292 g/mol. The number of halogens is 3. The Morgan fingerprint density at radius 2 is 2.18 bits per heavy atom. The lowest BCUT2D eigenvalue weighted by Gasteiger charge is -2.16. The molecule has 1 unspecified atom stereocenters. The molecule has 0 aliphatic heterocycles. The van der Waals surface area contributed by atoms with Crippen molar-refractivity contribution in [1.29, 1.82) is 0 Å². The molecule has 0 saturated carbocycles. The van der Waals surface area contributed by atoms with Crippen LogP contribution in [0.25, 0.3) is 0 Å². The molecule has 1 N–H and O–H groups in total. The van der Waals surface area contributed by atoms with E-state index in [1.807, 2.05) is 6.92 Å². The minimum atomic E-state index is -0.489. The number of hydrogen-bond donors (Lipinski definition) is 1. The van der Waals surface area contributed by atoms with Crippen molar-refractivity contribution in [3.05, 3.63) is 39.1 Å². The lowest BCUT2D eigenvalue weighted by Crippen LogP contribution is -2.08. The molecule has 0 bridgehead atoms. The van der Waals surface area contributed by atoms with Gasteiger partial charge in [-0.1, -0.05) is 34.5 Å². The van der Waals surface area contributed by atoms with Crippen LogP contribution in [0.4, 0.5) is 9.52 Å². The van der Waals surface area contributed by atoms with E-state index in [1.54, 1.807) is 5.51 Å². The first-order valence-corrected chi connectivity index (χ1v) is 6.39. The molecule has 1 heterocycles. The molecule has 0 aliphatic rings. The Balaban J connectivity index is 2.30. The van der Waals surface area contributed by atoms with Crippen LogP contribution in [0.5, 0.6) is 0 Å². The highest BCUT2D eigenvalue weighted by Crippen LogP contribution is 2.34. The van der Waals surface area contributed by atoms with E-state index in [2.05, 4.69) is 15.5 Å². The Morgan fingerprint density at radius 3 is 2.82 bits per heavy atom. The Hall–Kier alpha value is -0.910. The van der Waals surface area contributed by atoms with Crippen LogP contribution in [0.2, 0.25) is 10.0 Å². The monoisotopic (exact) mass is 291 g/mol. The molecular formula is C10H8Cl2FN3S. The van der Waals surface area contributed by atoms with Crippen LogP contribution >= 0.6 is 34.5 Å². The van der Waals surface area contributed by atoms with Gasteiger partial charge in [-0.05, 0) is 19.1 Å².